The second-order valence-electron chi connectivity index (χ2n) is 3.55. The molecule has 0 unspecified atom stereocenters. The summed E-state index contributed by atoms with van der Waals surface area (Å²) in [6, 6.07) is 0. The Hall–Kier alpha value is -0.920. The normalized spacial score (nSPS) is 28.5. The minimum atomic E-state index is 0.165. The first-order valence-corrected chi connectivity index (χ1v) is 4.33. The number of Topliss-reactive ketones (excluding diaryl/α,β-unsaturated/α-hetero) is 1. The Bertz CT molecular complexity index is 238. The van der Waals surface area contributed by atoms with Crippen LogP contribution in [0.3, 0.4) is 0 Å². The van der Waals surface area contributed by atoms with Crippen LogP contribution in [0, 0.1) is 5.92 Å². The summed E-state index contributed by atoms with van der Waals surface area (Å²) in [5.41, 5.74) is 1.37. The Kier molecular flexibility index (Phi) is 2.79. The fourth-order valence-corrected chi connectivity index (χ4v) is 1.56. The molecule has 1 aliphatic carbocycles. The Morgan fingerprint density at radius 2 is 2.25 bits per heavy atom. The number of aldehydes is 1. The van der Waals surface area contributed by atoms with Crippen molar-refractivity contribution in [2.24, 2.45) is 5.92 Å². The van der Waals surface area contributed by atoms with Gasteiger partial charge in [-0.15, -0.1) is 0 Å². The Morgan fingerprint density at radius 1 is 1.58 bits per heavy atom. The number of carbonyl (C=O) groups excluding carboxylic acids is 2. The second kappa shape index (κ2) is 3.65. The molecule has 0 N–H and O–H groups in total. The zero-order chi connectivity index (χ0) is 9.14. The predicted octanol–water partition coefficient (Wildman–Crippen LogP) is 1.89. The van der Waals surface area contributed by atoms with Crippen molar-refractivity contribution in [1.29, 1.82) is 0 Å². The molecule has 12 heavy (non-hydrogen) atoms. The summed E-state index contributed by atoms with van der Waals surface area (Å²) in [6.45, 7) is 3.79. The highest BCUT2D eigenvalue weighted by Gasteiger charge is 2.21. The van der Waals surface area contributed by atoms with E-state index in [0.29, 0.717) is 17.9 Å². The fourth-order valence-electron chi connectivity index (χ4n) is 1.56. The molecule has 0 saturated heterocycles. The van der Waals surface area contributed by atoms with Gasteiger partial charge in [-0.25, -0.2) is 0 Å². The van der Waals surface area contributed by atoms with Crippen molar-refractivity contribution in [2.45, 2.75) is 33.1 Å². The average Bonchev–Trinajstić information content (AvgIpc) is 2.03. The molecule has 0 radical (unpaired) electrons. The number of hydrogen-bond donors (Lipinski definition) is 0. The van der Waals surface area contributed by atoms with E-state index in [2.05, 4.69) is 6.92 Å². The number of rotatable bonds is 1. The quantitative estimate of drug-likeness (QED) is 0.440. The van der Waals surface area contributed by atoms with E-state index in [0.717, 1.165) is 24.7 Å². The third kappa shape index (κ3) is 1.81. The smallest absolute Gasteiger partial charge is 0.159 e. The molecule has 1 rings (SSSR count). The van der Waals surface area contributed by atoms with E-state index < -0.39 is 0 Å². The van der Waals surface area contributed by atoms with Crippen LogP contribution in [0.5, 0.6) is 0 Å². The van der Waals surface area contributed by atoms with Crippen molar-refractivity contribution in [3.63, 3.8) is 0 Å². The van der Waals surface area contributed by atoms with Gasteiger partial charge in [0.2, 0.25) is 0 Å². The van der Waals surface area contributed by atoms with E-state index in [9.17, 15) is 9.59 Å². The van der Waals surface area contributed by atoms with Gasteiger partial charge in [0.25, 0.3) is 0 Å². The molecule has 1 aliphatic rings. The average molecular weight is 166 g/mol. The molecule has 0 heterocycles. The van der Waals surface area contributed by atoms with E-state index in [4.69, 9.17) is 0 Å². The highest BCUT2D eigenvalue weighted by molar-refractivity contribution is 6.00. The molecule has 0 aromatic carbocycles. The van der Waals surface area contributed by atoms with Gasteiger partial charge < -0.3 is 0 Å². The van der Waals surface area contributed by atoms with E-state index in [-0.39, 0.29) is 5.78 Å². The van der Waals surface area contributed by atoms with Crippen LogP contribution in [0.2, 0.25) is 0 Å². The van der Waals surface area contributed by atoms with E-state index in [1.54, 1.807) is 6.92 Å². The lowest BCUT2D eigenvalue weighted by molar-refractivity contribution is -0.117. The molecular formula is C10H14O2. The molecule has 1 fully saturated rings. The molecular weight excluding hydrogens is 152 g/mol. The summed E-state index contributed by atoms with van der Waals surface area (Å²) in [5, 5.41) is 0. The molecule has 0 bridgehead atoms. The fraction of sp³-hybridized carbons (Fsp3) is 0.600. The van der Waals surface area contributed by atoms with Crippen molar-refractivity contribution in [2.75, 3.05) is 0 Å². The van der Waals surface area contributed by atoms with Crippen LogP contribution in [-0.4, -0.2) is 12.1 Å². The third-order valence-corrected chi connectivity index (χ3v) is 2.41. The molecule has 1 saturated carbocycles. The largest absolute Gasteiger partial charge is 0.298 e. The van der Waals surface area contributed by atoms with Crippen molar-refractivity contribution in [3.05, 3.63) is 11.1 Å². The van der Waals surface area contributed by atoms with Crippen LogP contribution in [-0.2, 0) is 9.59 Å². The highest BCUT2D eigenvalue weighted by Crippen LogP contribution is 2.26. The zero-order valence-electron chi connectivity index (χ0n) is 7.59. The molecule has 66 valence electrons. The highest BCUT2D eigenvalue weighted by atomic mass is 16.1. The molecule has 0 aromatic heterocycles. The first kappa shape index (κ1) is 9.17. The van der Waals surface area contributed by atoms with Gasteiger partial charge in [0.1, 0.15) is 6.29 Å². The summed E-state index contributed by atoms with van der Waals surface area (Å²) < 4.78 is 0. The standard InChI is InChI=1S/C10H14O2/c1-7-3-4-9(8(2)6-11)10(12)5-7/h6-7H,3-5H2,1-2H3/b9-8-/t7-/m1/s1. The molecule has 0 aliphatic heterocycles. The van der Waals surface area contributed by atoms with Crippen LogP contribution in [0.1, 0.15) is 33.1 Å². The van der Waals surface area contributed by atoms with Crippen LogP contribution in [0.4, 0.5) is 0 Å². The Morgan fingerprint density at radius 3 is 2.75 bits per heavy atom. The molecule has 0 spiro atoms. The van der Waals surface area contributed by atoms with Crippen molar-refractivity contribution >= 4 is 12.1 Å². The molecule has 0 amide bonds. The number of allylic oxidation sites excluding steroid dienone is 2. The van der Waals surface area contributed by atoms with E-state index in [1.165, 1.54) is 0 Å². The summed E-state index contributed by atoms with van der Waals surface area (Å²) >= 11 is 0. The van der Waals surface area contributed by atoms with Gasteiger partial charge in [0.05, 0.1) is 0 Å². The SMILES string of the molecule is C/C(C=O)=C1\CC[C@@H](C)CC1=O. The lowest BCUT2D eigenvalue weighted by Crippen LogP contribution is -2.16. The topological polar surface area (TPSA) is 34.1 Å². The second-order valence-corrected chi connectivity index (χ2v) is 3.55. The summed E-state index contributed by atoms with van der Waals surface area (Å²) in [4.78, 5) is 21.8. The summed E-state index contributed by atoms with van der Waals surface area (Å²) in [5.74, 6) is 0.652. The minimum absolute atomic E-state index is 0.165. The molecule has 2 nitrogen and oxygen atoms in total. The predicted molar refractivity (Wildman–Crippen MR) is 46.8 cm³/mol. The lowest BCUT2D eigenvalue weighted by Gasteiger charge is -2.19. The maximum absolute atomic E-state index is 11.4. The van der Waals surface area contributed by atoms with Gasteiger partial charge >= 0.3 is 0 Å². The molecule has 1 atom stereocenters. The third-order valence-electron chi connectivity index (χ3n) is 2.41. The van der Waals surface area contributed by atoms with Crippen LogP contribution in [0.15, 0.2) is 11.1 Å². The van der Waals surface area contributed by atoms with Crippen LogP contribution >= 0.6 is 0 Å². The van der Waals surface area contributed by atoms with Crippen molar-refractivity contribution in [3.8, 4) is 0 Å². The number of hydrogen-bond acceptors (Lipinski definition) is 2. The van der Waals surface area contributed by atoms with E-state index in [1.807, 2.05) is 0 Å². The van der Waals surface area contributed by atoms with Gasteiger partial charge in [-0.1, -0.05) is 6.92 Å². The monoisotopic (exact) mass is 166 g/mol. The zero-order valence-corrected chi connectivity index (χ0v) is 7.59. The van der Waals surface area contributed by atoms with Crippen LogP contribution < -0.4 is 0 Å². The van der Waals surface area contributed by atoms with Gasteiger partial charge in [0, 0.05) is 12.0 Å². The lowest BCUT2D eigenvalue weighted by atomic mass is 9.84. The number of carbonyl (C=O) groups is 2. The molecule has 2 heteroatoms. The maximum Gasteiger partial charge on any atom is 0.159 e. The maximum atomic E-state index is 11.4. The van der Waals surface area contributed by atoms with Gasteiger partial charge in [-0.2, -0.15) is 0 Å². The first-order chi connectivity index (χ1) is 5.65. The van der Waals surface area contributed by atoms with Crippen LogP contribution in [0.25, 0.3) is 0 Å². The van der Waals surface area contributed by atoms with Gasteiger partial charge in [-0.3, -0.25) is 9.59 Å². The Balaban J connectivity index is 2.81. The minimum Gasteiger partial charge on any atom is -0.298 e. The van der Waals surface area contributed by atoms with Crippen molar-refractivity contribution in [1.82, 2.24) is 0 Å². The summed E-state index contributed by atoms with van der Waals surface area (Å²) in [6.07, 6.45) is 3.21. The summed E-state index contributed by atoms with van der Waals surface area (Å²) in [7, 11) is 0. The molecule has 0 aromatic rings. The first-order valence-electron chi connectivity index (χ1n) is 4.33. The Labute approximate surface area is 72.7 Å². The number of ketones is 1. The van der Waals surface area contributed by atoms with E-state index >= 15 is 0 Å². The van der Waals surface area contributed by atoms with Crippen molar-refractivity contribution < 1.29 is 9.59 Å². The van der Waals surface area contributed by atoms with Gasteiger partial charge in [-0.05, 0) is 31.3 Å². The van der Waals surface area contributed by atoms with Gasteiger partial charge in [0.15, 0.2) is 5.78 Å².